The Bertz CT molecular complexity index is 454. The Labute approximate surface area is 107 Å². The first kappa shape index (κ1) is 11.7. The van der Waals surface area contributed by atoms with Gasteiger partial charge in [-0.25, -0.2) is 0 Å². The van der Waals surface area contributed by atoms with Gasteiger partial charge in [0.15, 0.2) is 0 Å². The smallest absolute Gasteiger partial charge is 0.222 e. The highest BCUT2D eigenvalue weighted by Gasteiger charge is 2.23. The molecule has 98 valence electrons. The lowest BCUT2D eigenvalue weighted by Crippen LogP contribution is -2.38. The molecule has 0 atom stereocenters. The Kier molecular flexibility index (Phi) is 3.07. The number of carbonyl (C=O) groups excluding carboxylic acids is 1. The average Bonchev–Trinajstić information content (AvgIpc) is 2.94. The molecule has 0 aromatic carbocycles. The summed E-state index contributed by atoms with van der Waals surface area (Å²) in [6.45, 7) is 6.92. The molecule has 0 unspecified atom stereocenters. The summed E-state index contributed by atoms with van der Waals surface area (Å²) in [5.74, 6) is 0.326. The fourth-order valence-electron chi connectivity index (χ4n) is 2.88. The monoisotopic (exact) mass is 248 g/mol. The Morgan fingerprint density at radius 2 is 2.17 bits per heavy atom. The standard InChI is InChI=1S/C13H20N4O/c1-10-11-9-16(6-4-12(11)15-14-10)7-8-17-5-2-3-13(17)18/h2-9H2,1H3,(H,14,15). The van der Waals surface area contributed by atoms with Crippen molar-refractivity contribution < 1.29 is 4.79 Å². The number of carbonyl (C=O) groups is 1. The number of aryl methyl sites for hydroxylation is 1. The van der Waals surface area contributed by atoms with Crippen LogP contribution in [-0.4, -0.2) is 52.1 Å². The quantitative estimate of drug-likeness (QED) is 0.856. The molecule has 1 saturated heterocycles. The highest BCUT2D eigenvalue weighted by molar-refractivity contribution is 5.78. The third-order valence-corrected chi connectivity index (χ3v) is 4.06. The summed E-state index contributed by atoms with van der Waals surface area (Å²) < 4.78 is 0. The molecule has 18 heavy (non-hydrogen) atoms. The van der Waals surface area contributed by atoms with Crippen molar-refractivity contribution in [3.05, 3.63) is 17.0 Å². The average molecular weight is 248 g/mol. The summed E-state index contributed by atoms with van der Waals surface area (Å²) in [5, 5.41) is 7.39. The van der Waals surface area contributed by atoms with Crippen LogP contribution in [0.5, 0.6) is 0 Å². The van der Waals surface area contributed by atoms with E-state index >= 15 is 0 Å². The van der Waals surface area contributed by atoms with Crippen LogP contribution in [0.3, 0.4) is 0 Å². The van der Waals surface area contributed by atoms with Crippen LogP contribution in [-0.2, 0) is 17.8 Å². The van der Waals surface area contributed by atoms with Gasteiger partial charge in [0.1, 0.15) is 0 Å². The number of aromatic nitrogens is 2. The number of nitrogens with zero attached hydrogens (tertiary/aromatic N) is 3. The van der Waals surface area contributed by atoms with E-state index in [9.17, 15) is 4.79 Å². The lowest BCUT2D eigenvalue weighted by molar-refractivity contribution is -0.127. The van der Waals surface area contributed by atoms with Crippen molar-refractivity contribution in [2.45, 2.75) is 32.7 Å². The Balaban J connectivity index is 1.56. The highest BCUT2D eigenvalue weighted by atomic mass is 16.2. The number of fused-ring (bicyclic) bond motifs is 1. The molecule has 1 aromatic heterocycles. The van der Waals surface area contributed by atoms with Crippen molar-refractivity contribution in [2.24, 2.45) is 0 Å². The zero-order valence-corrected chi connectivity index (χ0v) is 10.9. The first-order valence-electron chi connectivity index (χ1n) is 6.77. The van der Waals surface area contributed by atoms with Crippen LogP contribution >= 0.6 is 0 Å². The van der Waals surface area contributed by atoms with Crippen molar-refractivity contribution in [3.63, 3.8) is 0 Å². The van der Waals surface area contributed by atoms with Crippen molar-refractivity contribution in [3.8, 4) is 0 Å². The minimum atomic E-state index is 0.326. The molecule has 2 aliphatic rings. The van der Waals surface area contributed by atoms with Gasteiger partial charge in [0.05, 0.1) is 5.69 Å². The molecule has 3 rings (SSSR count). The van der Waals surface area contributed by atoms with Crippen LogP contribution in [0.1, 0.15) is 29.8 Å². The largest absolute Gasteiger partial charge is 0.341 e. The second-order valence-electron chi connectivity index (χ2n) is 5.28. The summed E-state index contributed by atoms with van der Waals surface area (Å²) in [6, 6.07) is 0. The van der Waals surface area contributed by atoms with Gasteiger partial charge in [0, 0.05) is 56.8 Å². The van der Waals surface area contributed by atoms with Crippen LogP contribution in [0.15, 0.2) is 0 Å². The minimum Gasteiger partial charge on any atom is -0.341 e. The number of amides is 1. The van der Waals surface area contributed by atoms with E-state index in [2.05, 4.69) is 22.0 Å². The van der Waals surface area contributed by atoms with Gasteiger partial charge in [0.2, 0.25) is 5.91 Å². The summed E-state index contributed by atoms with van der Waals surface area (Å²) >= 11 is 0. The number of nitrogens with one attached hydrogen (secondary N) is 1. The van der Waals surface area contributed by atoms with Crippen molar-refractivity contribution in [2.75, 3.05) is 26.2 Å². The van der Waals surface area contributed by atoms with Gasteiger partial charge in [-0.3, -0.25) is 14.8 Å². The van der Waals surface area contributed by atoms with Crippen LogP contribution in [0.2, 0.25) is 0 Å². The van der Waals surface area contributed by atoms with E-state index < -0.39 is 0 Å². The molecule has 0 aliphatic carbocycles. The first-order valence-corrected chi connectivity index (χ1v) is 6.77. The maximum absolute atomic E-state index is 11.6. The molecule has 1 amide bonds. The molecule has 2 aliphatic heterocycles. The molecule has 3 heterocycles. The van der Waals surface area contributed by atoms with Crippen molar-refractivity contribution >= 4 is 5.91 Å². The molecule has 1 fully saturated rings. The Hall–Kier alpha value is -1.36. The van der Waals surface area contributed by atoms with Gasteiger partial charge in [-0.2, -0.15) is 5.10 Å². The first-order chi connectivity index (χ1) is 8.74. The Morgan fingerprint density at radius 1 is 1.28 bits per heavy atom. The van der Waals surface area contributed by atoms with Crippen LogP contribution in [0, 0.1) is 6.92 Å². The highest BCUT2D eigenvalue weighted by Crippen LogP contribution is 2.19. The van der Waals surface area contributed by atoms with E-state index in [0.717, 1.165) is 52.0 Å². The number of hydrogen-bond acceptors (Lipinski definition) is 3. The van der Waals surface area contributed by atoms with Crippen LogP contribution in [0.25, 0.3) is 0 Å². The molecule has 5 heteroatoms. The summed E-state index contributed by atoms with van der Waals surface area (Å²) in [6.07, 6.45) is 2.79. The molecule has 0 saturated carbocycles. The fourth-order valence-corrected chi connectivity index (χ4v) is 2.88. The SMILES string of the molecule is Cc1[nH]nc2c1CN(CCN1CCCC1=O)CC2. The number of aromatic amines is 1. The van der Waals surface area contributed by atoms with E-state index in [-0.39, 0.29) is 0 Å². The third kappa shape index (κ3) is 2.14. The second-order valence-corrected chi connectivity index (χ2v) is 5.28. The predicted molar refractivity (Wildman–Crippen MR) is 68.1 cm³/mol. The van der Waals surface area contributed by atoms with E-state index in [1.54, 1.807) is 0 Å². The topological polar surface area (TPSA) is 52.2 Å². The molecule has 5 nitrogen and oxygen atoms in total. The van der Waals surface area contributed by atoms with Crippen molar-refractivity contribution in [1.29, 1.82) is 0 Å². The van der Waals surface area contributed by atoms with Crippen LogP contribution < -0.4 is 0 Å². The van der Waals surface area contributed by atoms with Gasteiger partial charge >= 0.3 is 0 Å². The number of hydrogen-bond donors (Lipinski definition) is 1. The van der Waals surface area contributed by atoms with E-state index in [1.165, 1.54) is 17.0 Å². The molecule has 0 spiro atoms. The Morgan fingerprint density at radius 3 is 2.94 bits per heavy atom. The molecule has 0 bridgehead atoms. The van der Waals surface area contributed by atoms with E-state index in [1.807, 2.05) is 4.90 Å². The minimum absolute atomic E-state index is 0.326. The predicted octanol–water partition coefficient (Wildman–Crippen LogP) is 0.699. The third-order valence-electron chi connectivity index (χ3n) is 4.06. The zero-order chi connectivity index (χ0) is 12.5. The molecule has 1 N–H and O–H groups in total. The molecular formula is C13H20N4O. The zero-order valence-electron chi connectivity index (χ0n) is 10.9. The number of rotatable bonds is 3. The lowest BCUT2D eigenvalue weighted by Gasteiger charge is -2.28. The van der Waals surface area contributed by atoms with Crippen molar-refractivity contribution in [1.82, 2.24) is 20.0 Å². The number of likely N-dealkylation sites (tertiary alicyclic amines) is 1. The summed E-state index contributed by atoms with van der Waals surface area (Å²) in [5.41, 5.74) is 3.77. The normalized spacial score (nSPS) is 20.5. The lowest BCUT2D eigenvalue weighted by atomic mass is 10.1. The molecular weight excluding hydrogens is 228 g/mol. The maximum Gasteiger partial charge on any atom is 0.222 e. The molecule has 1 aromatic rings. The van der Waals surface area contributed by atoms with Gasteiger partial charge in [-0.1, -0.05) is 0 Å². The maximum atomic E-state index is 11.6. The van der Waals surface area contributed by atoms with Gasteiger partial charge in [-0.05, 0) is 13.3 Å². The summed E-state index contributed by atoms with van der Waals surface area (Å²) in [4.78, 5) is 16.0. The number of H-pyrrole nitrogens is 1. The molecule has 0 radical (unpaired) electrons. The van der Waals surface area contributed by atoms with Gasteiger partial charge in [-0.15, -0.1) is 0 Å². The fraction of sp³-hybridized carbons (Fsp3) is 0.692. The van der Waals surface area contributed by atoms with Crippen LogP contribution in [0.4, 0.5) is 0 Å². The van der Waals surface area contributed by atoms with Gasteiger partial charge < -0.3 is 4.90 Å². The van der Waals surface area contributed by atoms with E-state index in [0.29, 0.717) is 5.91 Å². The van der Waals surface area contributed by atoms with Gasteiger partial charge in [0.25, 0.3) is 0 Å². The summed E-state index contributed by atoms with van der Waals surface area (Å²) in [7, 11) is 0. The van der Waals surface area contributed by atoms with E-state index in [4.69, 9.17) is 0 Å². The second kappa shape index (κ2) is 4.72.